The number of hydrogen-bond donors (Lipinski definition) is 2. The van der Waals surface area contributed by atoms with Gasteiger partial charge in [-0.2, -0.15) is 0 Å². The van der Waals surface area contributed by atoms with Crippen LogP contribution in [0, 0.1) is 0 Å². The van der Waals surface area contributed by atoms with E-state index < -0.39 is 0 Å². The number of benzene rings is 1. The van der Waals surface area contributed by atoms with Gasteiger partial charge in [-0.05, 0) is 31.5 Å². The first-order chi connectivity index (χ1) is 9.90. The van der Waals surface area contributed by atoms with Crippen molar-refractivity contribution in [3.05, 3.63) is 30.1 Å². The molecule has 4 nitrogen and oxygen atoms in total. The summed E-state index contributed by atoms with van der Waals surface area (Å²) in [5.41, 5.74) is 2.17. The number of fused-ring (bicyclic) bond motifs is 1. The van der Waals surface area contributed by atoms with Gasteiger partial charge < -0.3 is 15.0 Å². The zero-order chi connectivity index (χ0) is 14.0. The molecule has 0 atom stereocenters. The monoisotopic (exact) mass is 275 g/mol. The summed E-state index contributed by atoms with van der Waals surface area (Å²) in [6, 6.07) is 8.15. The molecule has 0 aliphatic carbocycles. The van der Waals surface area contributed by atoms with Crippen LogP contribution in [0.5, 0.6) is 0 Å². The second-order valence-corrected chi connectivity index (χ2v) is 5.02. The van der Waals surface area contributed by atoms with E-state index in [2.05, 4.69) is 28.3 Å². The smallest absolute Gasteiger partial charge is 0.108 e. The van der Waals surface area contributed by atoms with Crippen molar-refractivity contribution in [1.82, 2.24) is 15.3 Å². The van der Waals surface area contributed by atoms with Crippen molar-refractivity contribution in [2.45, 2.75) is 32.6 Å². The van der Waals surface area contributed by atoms with Crippen molar-refractivity contribution < 1.29 is 4.74 Å². The first kappa shape index (κ1) is 15.0. The van der Waals surface area contributed by atoms with Crippen LogP contribution in [-0.2, 0) is 11.2 Å². The van der Waals surface area contributed by atoms with Crippen LogP contribution < -0.4 is 5.32 Å². The number of H-pyrrole nitrogens is 1. The van der Waals surface area contributed by atoms with E-state index in [4.69, 9.17) is 4.74 Å². The minimum absolute atomic E-state index is 0.859. The molecule has 0 spiro atoms. The van der Waals surface area contributed by atoms with Crippen molar-refractivity contribution in [1.29, 1.82) is 0 Å². The average molecular weight is 275 g/mol. The van der Waals surface area contributed by atoms with Crippen LogP contribution in [0.25, 0.3) is 11.0 Å². The maximum atomic E-state index is 5.52. The Balaban J connectivity index is 1.55. The van der Waals surface area contributed by atoms with Crippen molar-refractivity contribution in [2.75, 3.05) is 26.3 Å². The summed E-state index contributed by atoms with van der Waals surface area (Å²) in [6.07, 6.45) is 4.38. The lowest BCUT2D eigenvalue weighted by Crippen LogP contribution is -2.20. The highest BCUT2D eigenvalue weighted by Crippen LogP contribution is 2.10. The molecule has 0 unspecified atom stereocenters. The first-order valence-electron chi connectivity index (χ1n) is 7.62. The van der Waals surface area contributed by atoms with Gasteiger partial charge >= 0.3 is 0 Å². The van der Waals surface area contributed by atoms with Gasteiger partial charge in [0.1, 0.15) is 5.82 Å². The number of hydrogen-bond acceptors (Lipinski definition) is 3. The lowest BCUT2D eigenvalue weighted by Gasteiger charge is -2.04. The van der Waals surface area contributed by atoms with Crippen LogP contribution in [-0.4, -0.2) is 36.3 Å². The van der Waals surface area contributed by atoms with E-state index in [-0.39, 0.29) is 0 Å². The lowest BCUT2D eigenvalue weighted by molar-refractivity contribution is 0.129. The topological polar surface area (TPSA) is 49.9 Å². The van der Waals surface area contributed by atoms with Gasteiger partial charge in [0.25, 0.3) is 0 Å². The Morgan fingerprint density at radius 1 is 1.15 bits per heavy atom. The quantitative estimate of drug-likeness (QED) is 0.656. The maximum Gasteiger partial charge on any atom is 0.108 e. The lowest BCUT2D eigenvalue weighted by atomic mass is 10.3. The standard InChI is InChI=1S/C16H25N3O/c1-2-3-12-20-13-6-10-17-11-9-16-18-14-7-4-5-8-15(14)19-16/h4-5,7-8,17H,2-3,6,9-13H2,1H3,(H,18,19). The molecule has 0 saturated heterocycles. The number of aromatic amines is 1. The van der Waals surface area contributed by atoms with E-state index in [1.807, 2.05) is 18.2 Å². The molecule has 1 aromatic heterocycles. The molecule has 1 aromatic carbocycles. The molecule has 2 N–H and O–H groups in total. The van der Waals surface area contributed by atoms with Gasteiger partial charge in [0.05, 0.1) is 11.0 Å². The van der Waals surface area contributed by atoms with Crippen LogP contribution in [0.2, 0.25) is 0 Å². The summed E-state index contributed by atoms with van der Waals surface area (Å²) in [7, 11) is 0. The van der Waals surface area contributed by atoms with Crippen molar-refractivity contribution >= 4 is 11.0 Å². The van der Waals surface area contributed by atoms with Gasteiger partial charge in [-0.15, -0.1) is 0 Å². The van der Waals surface area contributed by atoms with E-state index in [1.54, 1.807) is 0 Å². The Bertz CT molecular complexity index is 462. The average Bonchev–Trinajstić information content (AvgIpc) is 2.88. The third kappa shape index (κ3) is 4.94. The second-order valence-electron chi connectivity index (χ2n) is 5.02. The predicted molar refractivity (Wildman–Crippen MR) is 83.0 cm³/mol. The van der Waals surface area contributed by atoms with Crippen LogP contribution in [0.15, 0.2) is 24.3 Å². The third-order valence-corrected chi connectivity index (χ3v) is 3.26. The number of unbranched alkanes of at least 4 members (excludes halogenated alkanes) is 1. The molecule has 1 heterocycles. The van der Waals surface area contributed by atoms with Crippen molar-refractivity contribution in [3.63, 3.8) is 0 Å². The van der Waals surface area contributed by atoms with Gasteiger partial charge in [0, 0.05) is 26.2 Å². The van der Waals surface area contributed by atoms with Crippen LogP contribution in [0.1, 0.15) is 32.0 Å². The minimum Gasteiger partial charge on any atom is -0.381 e. The Morgan fingerprint density at radius 3 is 2.85 bits per heavy atom. The largest absolute Gasteiger partial charge is 0.381 e. The zero-order valence-corrected chi connectivity index (χ0v) is 12.3. The van der Waals surface area contributed by atoms with E-state index in [1.165, 1.54) is 12.8 Å². The molecule has 0 amide bonds. The molecule has 2 aromatic rings. The summed E-state index contributed by atoms with van der Waals surface area (Å²) in [6.45, 7) is 5.90. The normalized spacial score (nSPS) is 11.2. The van der Waals surface area contributed by atoms with Crippen LogP contribution in [0.3, 0.4) is 0 Å². The molecule has 2 rings (SSSR count). The molecule has 4 heteroatoms. The summed E-state index contributed by atoms with van der Waals surface area (Å²) in [5, 5.41) is 3.43. The van der Waals surface area contributed by atoms with Crippen molar-refractivity contribution in [3.8, 4) is 0 Å². The Labute approximate surface area is 120 Å². The highest BCUT2D eigenvalue weighted by molar-refractivity contribution is 5.74. The molecular formula is C16H25N3O. The third-order valence-electron chi connectivity index (χ3n) is 3.26. The number of imidazole rings is 1. The number of ether oxygens (including phenoxy) is 1. The number of para-hydroxylation sites is 2. The Kier molecular flexibility index (Phi) is 6.54. The highest BCUT2D eigenvalue weighted by Gasteiger charge is 2.00. The van der Waals surface area contributed by atoms with Gasteiger partial charge in [0.2, 0.25) is 0 Å². The van der Waals surface area contributed by atoms with E-state index in [0.29, 0.717) is 0 Å². The first-order valence-corrected chi connectivity index (χ1v) is 7.62. The summed E-state index contributed by atoms with van der Waals surface area (Å²) in [5.74, 6) is 1.05. The van der Waals surface area contributed by atoms with Crippen LogP contribution in [0.4, 0.5) is 0 Å². The minimum atomic E-state index is 0.859. The number of rotatable bonds is 10. The second kappa shape index (κ2) is 8.72. The van der Waals surface area contributed by atoms with E-state index >= 15 is 0 Å². The van der Waals surface area contributed by atoms with Gasteiger partial charge in [-0.1, -0.05) is 25.5 Å². The molecule has 110 valence electrons. The van der Waals surface area contributed by atoms with E-state index in [0.717, 1.165) is 56.0 Å². The number of nitrogens with zero attached hydrogens (tertiary/aromatic N) is 1. The van der Waals surface area contributed by atoms with Crippen molar-refractivity contribution in [2.24, 2.45) is 0 Å². The van der Waals surface area contributed by atoms with Crippen LogP contribution >= 0.6 is 0 Å². The maximum absolute atomic E-state index is 5.52. The molecule has 0 radical (unpaired) electrons. The molecule has 0 bridgehead atoms. The van der Waals surface area contributed by atoms with Gasteiger partial charge in [-0.3, -0.25) is 0 Å². The number of nitrogens with one attached hydrogen (secondary N) is 2. The molecule has 0 saturated carbocycles. The van der Waals surface area contributed by atoms with E-state index in [9.17, 15) is 0 Å². The SMILES string of the molecule is CCCCOCCCNCCc1nc2ccccc2[nH]1. The molecule has 0 fully saturated rings. The fourth-order valence-electron chi connectivity index (χ4n) is 2.10. The van der Waals surface area contributed by atoms with Gasteiger partial charge in [0.15, 0.2) is 0 Å². The van der Waals surface area contributed by atoms with Gasteiger partial charge in [-0.25, -0.2) is 4.98 Å². The summed E-state index contributed by atoms with van der Waals surface area (Å²) < 4.78 is 5.52. The molecule has 0 aliphatic heterocycles. The zero-order valence-electron chi connectivity index (χ0n) is 12.3. The Hall–Kier alpha value is -1.39. The molecular weight excluding hydrogens is 250 g/mol. The highest BCUT2D eigenvalue weighted by atomic mass is 16.5. The number of aromatic nitrogens is 2. The molecule has 20 heavy (non-hydrogen) atoms. The summed E-state index contributed by atoms with van der Waals surface area (Å²) >= 11 is 0. The Morgan fingerprint density at radius 2 is 2.00 bits per heavy atom. The predicted octanol–water partition coefficient (Wildman–Crippen LogP) is 2.90. The fourth-order valence-corrected chi connectivity index (χ4v) is 2.10. The fraction of sp³-hybridized carbons (Fsp3) is 0.562. The summed E-state index contributed by atoms with van der Waals surface area (Å²) in [4.78, 5) is 7.91. The molecule has 0 aliphatic rings.